The van der Waals surface area contributed by atoms with Crippen molar-refractivity contribution in [2.75, 3.05) is 19.0 Å². The average molecular weight is 418 g/mol. The molecule has 0 bridgehead atoms. The maximum atomic E-state index is 12.0. The van der Waals surface area contributed by atoms with Gasteiger partial charge in [0, 0.05) is 28.9 Å². The predicted octanol–water partition coefficient (Wildman–Crippen LogP) is 3.70. The second-order valence-corrected chi connectivity index (χ2v) is 6.57. The molecule has 23 heavy (non-hydrogen) atoms. The number of nitrogens with zero attached hydrogens (tertiary/aromatic N) is 2. The number of ether oxygens (including phenoxy) is 1. The Morgan fingerprint density at radius 2 is 1.70 bits per heavy atom. The van der Waals surface area contributed by atoms with Crippen molar-refractivity contribution in [2.45, 2.75) is 0 Å². The molecule has 3 rings (SSSR count). The van der Waals surface area contributed by atoms with Crippen molar-refractivity contribution in [1.82, 2.24) is 0 Å². The molecule has 0 spiro atoms. The van der Waals surface area contributed by atoms with Crippen LogP contribution in [0.15, 0.2) is 59.2 Å². The minimum Gasteiger partial charge on any atom is -0.402 e. The van der Waals surface area contributed by atoms with Gasteiger partial charge in [0.15, 0.2) is 5.70 Å². The zero-order valence-corrected chi connectivity index (χ0v) is 14.9. The summed E-state index contributed by atoms with van der Waals surface area (Å²) in [5, 5.41) is 0. The van der Waals surface area contributed by atoms with E-state index < -0.39 is 5.97 Å². The van der Waals surface area contributed by atoms with Crippen molar-refractivity contribution in [3.63, 3.8) is 0 Å². The highest BCUT2D eigenvalue weighted by molar-refractivity contribution is 14.1. The van der Waals surface area contributed by atoms with Crippen LogP contribution in [0.1, 0.15) is 11.1 Å². The quantitative estimate of drug-likeness (QED) is 0.434. The fraction of sp³-hybridized carbons (Fsp3) is 0.111. The Morgan fingerprint density at radius 3 is 2.30 bits per heavy atom. The van der Waals surface area contributed by atoms with Gasteiger partial charge >= 0.3 is 5.97 Å². The van der Waals surface area contributed by atoms with Gasteiger partial charge in [-0.3, -0.25) is 0 Å². The molecule has 5 heteroatoms. The molecule has 2 aromatic rings. The number of carbonyl (C=O) groups excluding carboxylic acids is 1. The number of cyclic esters (lactones) is 1. The smallest absolute Gasteiger partial charge is 0.363 e. The van der Waals surface area contributed by atoms with Crippen LogP contribution in [-0.4, -0.2) is 26.0 Å². The van der Waals surface area contributed by atoms with Gasteiger partial charge in [-0.1, -0.05) is 12.1 Å². The Kier molecular flexibility index (Phi) is 4.47. The molecule has 0 radical (unpaired) electrons. The average Bonchev–Trinajstić information content (AvgIpc) is 2.89. The van der Waals surface area contributed by atoms with E-state index in [9.17, 15) is 4.79 Å². The number of aliphatic imine (C=N–C) groups is 1. The van der Waals surface area contributed by atoms with Gasteiger partial charge < -0.3 is 9.64 Å². The van der Waals surface area contributed by atoms with Crippen molar-refractivity contribution in [2.24, 2.45) is 4.99 Å². The molecule has 1 aliphatic heterocycles. The topological polar surface area (TPSA) is 41.9 Å². The molecule has 1 heterocycles. The summed E-state index contributed by atoms with van der Waals surface area (Å²) in [7, 11) is 3.97. The lowest BCUT2D eigenvalue weighted by atomic mass is 10.1. The first kappa shape index (κ1) is 15.7. The molecule has 116 valence electrons. The van der Waals surface area contributed by atoms with Crippen LogP contribution in [0, 0.1) is 3.57 Å². The second kappa shape index (κ2) is 6.54. The highest BCUT2D eigenvalue weighted by Gasteiger charge is 2.23. The molecule has 0 unspecified atom stereocenters. The van der Waals surface area contributed by atoms with Crippen LogP contribution in [0.5, 0.6) is 0 Å². The van der Waals surface area contributed by atoms with E-state index in [-0.39, 0.29) is 0 Å². The third-order valence-electron chi connectivity index (χ3n) is 3.42. The number of hydrogen-bond acceptors (Lipinski definition) is 4. The Bertz CT molecular complexity index is 791. The molecule has 2 aromatic carbocycles. The molecule has 0 saturated carbocycles. The zero-order chi connectivity index (χ0) is 16.4. The Balaban J connectivity index is 1.87. The summed E-state index contributed by atoms with van der Waals surface area (Å²) in [4.78, 5) is 18.3. The van der Waals surface area contributed by atoms with Gasteiger partial charge in [0.1, 0.15) is 0 Å². The van der Waals surface area contributed by atoms with E-state index in [1.165, 1.54) is 0 Å². The summed E-state index contributed by atoms with van der Waals surface area (Å²) in [6.45, 7) is 0. The lowest BCUT2D eigenvalue weighted by molar-refractivity contribution is -0.129. The van der Waals surface area contributed by atoms with E-state index in [4.69, 9.17) is 4.74 Å². The van der Waals surface area contributed by atoms with E-state index in [0.29, 0.717) is 11.6 Å². The van der Waals surface area contributed by atoms with Crippen molar-refractivity contribution in [1.29, 1.82) is 0 Å². The molecule has 0 fully saturated rings. The number of hydrogen-bond donors (Lipinski definition) is 0. The third kappa shape index (κ3) is 3.61. The Morgan fingerprint density at radius 1 is 1.04 bits per heavy atom. The molecule has 0 saturated heterocycles. The molecule has 0 aliphatic carbocycles. The van der Waals surface area contributed by atoms with E-state index in [1.54, 1.807) is 6.08 Å². The molecule has 0 atom stereocenters. The third-order valence-corrected chi connectivity index (χ3v) is 4.14. The van der Waals surface area contributed by atoms with E-state index in [1.807, 2.05) is 67.5 Å². The minimum atomic E-state index is -0.421. The zero-order valence-electron chi connectivity index (χ0n) is 12.8. The van der Waals surface area contributed by atoms with E-state index >= 15 is 0 Å². The first-order chi connectivity index (χ1) is 11.0. The van der Waals surface area contributed by atoms with Gasteiger partial charge in [-0.15, -0.1) is 0 Å². The predicted molar refractivity (Wildman–Crippen MR) is 101 cm³/mol. The van der Waals surface area contributed by atoms with Crippen LogP contribution >= 0.6 is 22.6 Å². The van der Waals surface area contributed by atoms with Gasteiger partial charge in [0.2, 0.25) is 5.90 Å². The van der Waals surface area contributed by atoms with Crippen LogP contribution in [0.2, 0.25) is 0 Å². The van der Waals surface area contributed by atoms with Crippen LogP contribution in [0.4, 0.5) is 5.69 Å². The molecule has 0 N–H and O–H groups in total. The molecule has 0 amide bonds. The molecular formula is C18H15IN2O2. The fourth-order valence-corrected chi connectivity index (χ4v) is 2.51. The Hall–Kier alpha value is -2.15. The van der Waals surface area contributed by atoms with Crippen LogP contribution in [-0.2, 0) is 9.53 Å². The summed E-state index contributed by atoms with van der Waals surface area (Å²) in [5.41, 5.74) is 3.13. The van der Waals surface area contributed by atoms with Crippen molar-refractivity contribution >= 4 is 46.2 Å². The van der Waals surface area contributed by atoms with Crippen molar-refractivity contribution < 1.29 is 9.53 Å². The van der Waals surface area contributed by atoms with Crippen LogP contribution < -0.4 is 4.90 Å². The standard InChI is InChI=1S/C18H15IN2O2/c1-21(2)15-9-3-12(4-10-15)11-16-18(22)23-17(20-16)13-5-7-14(19)8-6-13/h3-11H,1-2H3/b16-11+. The number of rotatable bonds is 3. The van der Waals surface area contributed by atoms with E-state index in [2.05, 4.69) is 27.6 Å². The SMILES string of the molecule is CN(C)c1ccc(/C=C2/N=C(c3ccc(I)cc3)OC2=O)cc1. The first-order valence-electron chi connectivity index (χ1n) is 7.09. The highest BCUT2D eigenvalue weighted by atomic mass is 127. The molecular weight excluding hydrogens is 403 g/mol. The van der Waals surface area contributed by atoms with Crippen LogP contribution in [0.25, 0.3) is 6.08 Å². The lowest BCUT2D eigenvalue weighted by Gasteiger charge is -2.11. The number of benzene rings is 2. The highest BCUT2D eigenvalue weighted by Crippen LogP contribution is 2.21. The van der Waals surface area contributed by atoms with Gasteiger partial charge in [-0.2, -0.15) is 0 Å². The number of halogens is 1. The van der Waals surface area contributed by atoms with Gasteiger partial charge in [0.05, 0.1) is 0 Å². The maximum Gasteiger partial charge on any atom is 0.363 e. The number of esters is 1. The number of anilines is 1. The summed E-state index contributed by atoms with van der Waals surface area (Å²) in [6.07, 6.45) is 1.74. The van der Waals surface area contributed by atoms with Crippen LogP contribution in [0.3, 0.4) is 0 Å². The maximum absolute atomic E-state index is 12.0. The second-order valence-electron chi connectivity index (χ2n) is 5.33. The van der Waals surface area contributed by atoms with Gasteiger partial charge in [-0.05, 0) is 70.6 Å². The lowest BCUT2D eigenvalue weighted by Crippen LogP contribution is -2.08. The monoisotopic (exact) mass is 418 g/mol. The Labute approximate surface area is 148 Å². The fourth-order valence-electron chi connectivity index (χ4n) is 2.15. The molecule has 4 nitrogen and oxygen atoms in total. The minimum absolute atomic E-state index is 0.316. The van der Waals surface area contributed by atoms with Crippen molar-refractivity contribution in [3.05, 3.63) is 68.9 Å². The van der Waals surface area contributed by atoms with Crippen molar-refractivity contribution in [3.8, 4) is 0 Å². The van der Waals surface area contributed by atoms with Gasteiger partial charge in [0.25, 0.3) is 0 Å². The molecule has 1 aliphatic rings. The van der Waals surface area contributed by atoms with E-state index in [0.717, 1.165) is 20.4 Å². The summed E-state index contributed by atoms with van der Waals surface area (Å²) >= 11 is 2.23. The largest absolute Gasteiger partial charge is 0.402 e. The summed E-state index contributed by atoms with van der Waals surface area (Å²) in [5.74, 6) is -0.0715. The number of carbonyl (C=O) groups is 1. The van der Waals surface area contributed by atoms with Gasteiger partial charge in [-0.25, -0.2) is 9.79 Å². The summed E-state index contributed by atoms with van der Waals surface area (Å²) < 4.78 is 6.38. The molecule has 0 aromatic heterocycles. The summed E-state index contributed by atoms with van der Waals surface area (Å²) in [6, 6.07) is 15.6. The first-order valence-corrected chi connectivity index (χ1v) is 8.17. The normalized spacial score (nSPS) is 15.5.